The average molecular weight is 341 g/mol. The molecule has 3 rings (SSSR count). The van der Waals surface area contributed by atoms with Crippen LogP contribution in [-0.4, -0.2) is 23.0 Å². The van der Waals surface area contributed by atoms with Crippen molar-refractivity contribution in [1.82, 2.24) is 14.8 Å². The molecule has 0 aliphatic carbocycles. The second kappa shape index (κ2) is 6.17. The quantitative estimate of drug-likeness (QED) is 0.325. The summed E-state index contributed by atoms with van der Waals surface area (Å²) in [5.74, 6) is -0.556. The van der Waals surface area contributed by atoms with Gasteiger partial charge in [-0.3, -0.25) is 0 Å². The fourth-order valence-corrected chi connectivity index (χ4v) is 2.59. The van der Waals surface area contributed by atoms with E-state index in [4.69, 9.17) is 5.73 Å². The highest BCUT2D eigenvalue weighted by Gasteiger charge is 2.17. The maximum absolute atomic E-state index is 12.6. The van der Waals surface area contributed by atoms with Gasteiger partial charge in [0.15, 0.2) is 5.69 Å². The van der Waals surface area contributed by atoms with Gasteiger partial charge in [0.25, 0.3) is 0 Å². The minimum Gasteiger partial charge on any atom is -0.626 e. The van der Waals surface area contributed by atoms with Gasteiger partial charge in [-0.2, -0.15) is 0 Å². The number of nitrogens with one attached hydrogen (secondary N) is 1. The number of aromatic amines is 1. The van der Waals surface area contributed by atoms with Gasteiger partial charge in [-0.1, -0.05) is 6.07 Å². The number of carbonyl (C=O) groups excluding carboxylic acids is 1. The molecule has 0 atom stereocenters. The molecule has 0 saturated carbocycles. The summed E-state index contributed by atoms with van der Waals surface area (Å²) >= 11 is 0. The van der Waals surface area contributed by atoms with Gasteiger partial charge in [-0.05, 0) is 30.7 Å². The largest absolute Gasteiger partial charge is 0.626 e. The number of aryl methyl sites for hydroxylation is 1. The molecule has 0 fully saturated rings. The minimum absolute atomic E-state index is 0.0651. The van der Waals surface area contributed by atoms with E-state index in [1.54, 1.807) is 18.2 Å². The molecule has 8 nitrogen and oxygen atoms in total. The zero-order valence-electron chi connectivity index (χ0n) is 13.8. The van der Waals surface area contributed by atoms with Crippen LogP contribution in [0.15, 0.2) is 36.5 Å². The van der Waals surface area contributed by atoms with E-state index in [1.807, 2.05) is 6.92 Å². The molecule has 3 aromatic rings. The van der Waals surface area contributed by atoms with Crippen LogP contribution in [0.3, 0.4) is 0 Å². The number of hydroxylamine groups is 2. The van der Waals surface area contributed by atoms with Crippen LogP contribution in [0.1, 0.15) is 21.6 Å². The van der Waals surface area contributed by atoms with Gasteiger partial charge in [0.1, 0.15) is 17.9 Å². The number of benzene rings is 1. The number of hydrogen-bond donors (Lipinski definition) is 2. The summed E-state index contributed by atoms with van der Waals surface area (Å²) in [5.41, 5.74) is 8.14. The highest BCUT2D eigenvalue weighted by molar-refractivity contribution is 5.94. The van der Waals surface area contributed by atoms with Crippen molar-refractivity contribution in [1.29, 1.82) is 0 Å². The van der Waals surface area contributed by atoms with Crippen molar-refractivity contribution in [3.05, 3.63) is 63.8 Å². The summed E-state index contributed by atoms with van der Waals surface area (Å²) in [7, 11) is 1.26. The average Bonchev–Trinajstić information content (AvgIpc) is 3.00. The van der Waals surface area contributed by atoms with Gasteiger partial charge in [0.2, 0.25) is 0 Å². The molecule has 8 heteroatoms. The van der Waals surface area contributed by atoms with E-state index in [0.29, 0.717) is 22.3 Å². The SMILES string of the molecule is COC(=O)c1cc2cc([N+]([O-])([O-])Cc3cc(N)ccc3C)cnc2[nH]1. The van der Waals surface area contributed by atoms with Crippen molar-refractivity contribution < 1.29 is 9.53 Å². The van der Waals surface area contributed by atoms with Crippen molar-refractivity contribution in [3.63, 3.8) is 0 Å². The molecule has 2 aromatic heterocycles. The third-order valence-electron chi connectivity index (χ3n) is 4.01. The predicted octanol–water partition coefficient (Wildman–Crippen LogP) is 2.74. The van der Waals surface area contributed by atoms with Crippen LogP contribution in [0.5, 0.6) is 0 Å². The second-order valence-corrected chi connectivity index (χ2v) is 5.82. The first kappa shape index (κ1) is 16.9. The molecule has 0 spiro atoms. The molecule has 0 amide bonds. The molecule has 0 aliphatic rings. The van der Waals surface area contributed by atoms with E-state index >= 15 is 0 Å². The fourth-order valence-electron chi connectivity index (χ4n) is 2.59. The van der Waals surface area contributed by atoms with Gasteiger partial charge in [0, 0.05) is 22.7 Å². The third kappa shape index (κ3) is 3.31. The molecule has 0 aliphatic heterocycles. The van der Waals surface area contributed by atoms with Gasteiger partial charge < -0.3 is 30.7 Å². The summed E-state index contributed by atoms with van der Waals surface area (Å²) in [6, 6.07) is 8.01. The number of nitrogens with zero attached hydrogens (tertiary/aromatic N) is 2. The number of aromatic nitrogens is 2. The Hall–Kier alpha value is -2.94. The number of methoxy groups -OCH3 is 1. The van der Waals surface area contributed by atoms with Crippen molar-refractivity contribution in [3.8, 4) is 0 Å². The molecule has 130 valence electrons. The van der Waals surface area contributed by atoms with Crippen LogP contribution in [0, 0.1) is 17.3 Å². The number of rotatable bonds is 4. The van der Waals surface area contributed by atoms with Crippen LogP contribution >= 0.6 is 0 Å². The number of pyridine rings is 1. The van der Waals surface area contributed by atoms with Crippen molar-refractivity contribution in [2.24, 2.45) is 0 Å². The Morgan fingerprint density at radius 1 is 1.32 bits per heavy atom. The maximum Gasteiger partial charge on any atom is 0.354 e. The lowest BCUT2D eigenvalue weighted by molar-refractivity contribution is 0.0595. The molecule has 0 bridgehead atoms. The molecular weight excluding hydrogens is 324 g/mol. The fraction of sp³-hybridized carbons (Fsp3) is 0.176. The Morgan fingerprint density at radius 3 is 2.80 bits per heavy atom. The normalized spacial score (nSPS) is 11.7. The lowest BCUT2D eigenvalue weighted by atomic mass is 10.1. The Labute approximate surface area is 143 Å². The summed E-state index contributed by atoms with van der Waals surface area (Å²) in [4.78, 5) is 16.5. The second-order valence-electron chi connectivity index (χ2n) is 5.82. The van der Waals surface area contributed by atoms with E-state index < -0.39 is 10.8 Å². The van der Waals surface area contributed by atoms with Crippen molar-refractivity contribution >= 4 is 28.4 Å². The number of esters is 1. The monoisotopic (exact) mass is 341 g/mol. The predicted molar refractivity (Wildman–Crippen MR) is 95.3 cm³/mol. The standard InChI is InChI=1S/C17H17N4O4/c1-10-3-4-13(18)5-12(10)9-21(23,24)14-6-11-7-15(17(22)25-2)20-16(11)19-8-14/h3-8H,9,18H2,1-2H3,(H,19,20)/q-1. The topological polar surface area (TPSA) is 127 Å². The zero-order chi connectivity index (χ0) is 18.2. The first-order chi connectivity index (χ1) is 11.8. The summed E-state index contributed by atoms with van der Waals surface area (Å²) in [5, 5.41) is 25.6. The zero-order valence-corrected chi connectivity index (χ0v) is 13.8. The van der Waals surface area contributed by atoms with Gasteiger partial charge in [-0.25, -0.2) is 9.78 Å². The number of carbonyl (C=O) groups is 1. The van der Waals surface area contributed by atoms with E-state index in [-0.39, 0.29) is 17.9 Å². The number of fused-ring (bicyclic) bond motifs is 1. The number of H-pyrrole nitrogens is 1. The van der Waals surface area contributed by atoms with Crippen molar-refractivity contribution in [2.45, 2.75) is 13.5 Å². The number of ether oxygens (including phenoxy) is 1. The van der Waals surface area contributed by atoms with E-state index in [9.17, 15) is 15.2 Å². The number of quaternary nitrogens is 1. The molecular formula is C17H17N4O4-. The highest BCUT2D eigenvalue weighted by Crippen LogP contribution is 2.28. The summed E-state index contributed by atoms with van der Waals surface area (Å²) in [6.07, 6.45) is 1.21. The molecule has 3 N–H and O–H groups in total. The molecule has 25 heavy (non-hydrogen) atoms. The Bertz CT molecular complexity index is 949. The van der Waals surface area contributed by atoms with E-state index in [2.05, 4.69) is 14.7 Å². The van der Waals surface area contributed by atoms with Crippen molar-refractivity contribution in [2.75, 3.05) is 12.8 Å². The number of hydrogen-bond acceptors (Lipinski definition) is 6. The Kier molecular flexibility index (Phi) is 4.17. The Morgan fingerprint density at radius 2 is 2.08 bits per heavy atom. The maximum atomic E-state index is 12.6. The van der Waals surface area contributed by atoms with Crippen LogP contribution in [-0.2, 0) is 11.3 Å². The van der Waals surface area contributed by atoms with Gasteiger partial charge in [-0.15, -0.1) is 0 Å². The van der Waals surface area contributed by atoms with E-state index in [0.717, 1.165) is 5.56 Å². The number of nitrogens with two attached hydrogens (primary N) is 1. The minimum atomic E-state index is -1.88. The molecule has 0 radical (unpaired) electrons. The molecule has 1 aromatic carbocycles. The van der Waals surface area contributed by atoms with Gasteiger partial charge in [0.05, 0.1) is 13.3 Å². The summed E-state index contributed by atoms with van der Waals surface area (Å²) < 4.78 is 4.63. The van der Waals surface area contributed by atoms with E-state index in [1.165, 1.54) is 25.4 Å². The highest BCUT2D eigenvalue weighted by atomic mass is 16.8. The van der Waals surface area contributed by atoms with Crippen LogP contribution in [0.2, 0.25) is 0 Å². The number of nitrogen functional groups attached to an aromatic ring is 1. The third-order valence-corrected chi connectivity index (χ3v) is 4.01. The number of anilines is 1. The van der Waals surface area contributed by atoms with Crippen LogP contribution in [0.4, 0.5) is 11.4 Å². The summed E-state index contributed by atoms with van der Waals surface area (Å²) in [6.45, 7) is 1.49. The lowest BCUT2D eigenvalue weighted by Gasteiger charge is -2.46. The van der Waals surface area contributed by atoms with Gasteiger partial charge >= 0.3 is 5.97 Å². The van der Waals surface area contributed by atoms with Crippen LogP contribution < -0.4 is 10.5 Å². The smallest absolute Gasteiger partial charge is 0.354 e. The molecule has 0 unspecified atom stereocenters. The molecule has 0 saturated heterocycles. The first-order valence-electron chi connectivity index (χ1n) is 7.53. The first-order valence-corrected chi connectivity index (χ1v) is 7.53. The lowest BCUT2D eigenvalue weighted by Crippen LogP contribution is -2.35. The van der Waals surface area contributed by atoms with Crippen LogP contribution in [0.25, 0.3) is 11.0 Å². The molecule has 2 heterocycles. The Balaban J connectivity index is 1.96.